The van der Waals surface area contributed by atoms with Crippen LogP contribution in [0.4, 0.5) is 5.82 Å². The van der Waals surface area contributed by atoms with Gasteiger partial charge in [0.1, 0.15) is 17.5 Å². The number of primary amides is 1. The van der Waals surface area contributed by atoms with Crippen LogP contribution < -0.4 is 11.1 Å². The molecule has 3 heterocycles. The highest BCUT2D eigenvalue weighted by Gasteiger charge is 2.08. The SMILES string of the molecule is Cc1nccn1-c1cc(CNc2ncc(C(N)=O)cc2Cl)ccn1. The summed E-state index contributed by atoms with van der Waals surface area (Å²) >= 11 is 6.12. The predicted molar refractivity (Wildman–Crippen MR) is 91.2 cm³/mol. The summed E-state index contributed by atoms with van der Waals surface area (Å²) in [6, 6.07) is 5.34. The van der Waals surface area contributed by atoms with Gasteiger partial charge < -0.3 is 11.1 Å². The number of imidazole rings is 1. The van der Waals surface area contributed by atoms with Crippen LogP contribution in [0.3, 0.4) is 0 Å². The summed E-state index contributed by atoms with van der Waals surface area (Å²) in [6.45, 7) is 2.42. The second-order valence-electron chi connectivity index (χ2n) is 5.14. The van der Waals surface area contributed by atoms with E-state index in [4.69, 9.17) is 17.3 Å². The van der Waals surface area contributed by atoms with E-state index in [1.54, 1.807) is 12.4 Å². The van der Waals surface area contributed by atoms with Crippen LogP contribution in [0.5, 0.6) is 0 Å². The summed E-state index contributed by atoms with van der Waals surface area (Å²) in [6.07, 6.45) is 6.71. The van der Waals surface area contributed by atoms with Gasteiger partial charge in [0.15, 0.2) is 0 Å². The quantitative estimate of drug-likeness (QED) is 0.741. The van der Waals surface area contributed by atoms with E-state index in [0.717, 1.165) is 17.2 Å². The highest BCUT2D eigenvalue weighted by molar-refractivity contribution is 6.33. The minimum Gasteiger partial charge on any atom is -0.366 e. The Morgan fingerprint density at radius 1 is 1.29 bits per heavy atom. The molecule has 3 aromatic heterocycles. The first-order valence-electron chi connectivity index (χ1n) is 7.19. The molecule has 0 bridgehead atoms. The van der Waals surface area contributed by atoms with Crippen LogP contribution in [0.2, 0.25) is 5.02 Å². The molecule has 3 rings (SSSR count). The summed E-state index contributed by atoms with van der Waals surface area (Å²) in [7, 11) is 0. The molecule has 0 atom stereocenters. The van der Waals surface area contributed by atoms with Crippen LogP contribution in [0.25, 0.3) is 5.82 Å². The van der Waals surface area contributed by atoms with E-state index in [0.29, 0.717) is 17.4 Å². The zero-order chi connectivity index (χ0) is 17.1. The maximum atomic E-state index is 11.1. The second-order valence-corrected chi connectivity index (χ2v) is 5.55. The molecule has 24 heavy (non-hydrogen) atoms. The summed E-state index contributed by atoms with van der Waals surface area (Å²) in [5, 5.41) is 3.47. The van der Waals surface area contributed by atoms with Gasteiger partial charge in [0.2, 0.25) is 5.91 Å². The Morgan fingerprint density at radius 3 is 2.79 bits per heavy atom. The molecule has 0 saturated heterocycles. The lowest BCUT2D eigenvalue weighted by Gasteiger charge is -2.10. The van der Waals surface area contributed by atoms with E-state index < -0.39 is 5.91 Å². The van der Waals surface area contributed by atoms with Crippen LogP contribution in [0.15, 0.2) is 43.0 Å². The minimum atomic E-state index is -0.564. The highest BCUT2D eigenvalue weighted by atomic mass is 35.5. The number of halogens is 1. The first kappa shape index (κ1) is 15.9. The molecule has 0 aliphatic rings. The largest absolute Gasteiger partial charge is 0.366 e. The lowest BCUT2D eigenvalue weighted by atomic mass is 10.2. The van der Waals surface area contributed by atoms with Crippen molar-refractivity contribution in [2.45, 2.75) is 13.5 Å². The minimum absolute atomic E-state index is 0.271. The average molecular weight is 343 g/mol. The van der Waals surface area contributed by atoms with Crippen molar-refractivity contribution in [3.05, 3.63) is 65.0 Å². The van der Waals surface area contributed by atoms with Crippen molar-refractivity contribution in [3.63, 3.8) is 0 Å². The monoisotopic (exact) mass is 342 g/mol. The Labute approximate surface area is 143 Å². The number of nitrogens with one attached hydrogen (secondary N) is 1. The Bertz CT molecular complexity index is 892. The number of rotatable bonds is 5. The summed E-state index contributed by atoms with van der Waals surface area (Å²) in [5.74, 6) is 1.57. The maximum Gasteiger partial charge on any atom is 0.250 e. The molecular weight excluding hydrogens is 328 g/mol. The number of anilines is 1. The fourth-order valence-electron chi connectivity index (χ4n) is 2.21. The van der Waals surface area contributed by atoms with Crippen molar-refractivity contribution >= 4 is 23.3 Å². The number of nitrogens with zero attached hydrogens (tertiary/aromatic N) is 4. The Kier molecular flexibility index (Phi) is 4.43. The third kappa shape index (κ3) is 3.36. The number of pyridine rings is 2. The van der Waals surface area contributed by atoms with Crippen LogP contribution in [0.1, 0.15) is 21.7 Å². The third-order valence-corrected chi connectivity index (χ3v) is 3.76. The van der Waals surface area contributed by atoms with Crippen molar-refractivity contribution in [1.82, 2.24) is 19.5 Å². The predicted octanol–water partition coefficient (Wildman–Crippen LogP) is 2.34. The molecule has 0 unspecified atom stereocenters. The molecule has 3 aromatic rings. The lowest BCUT2D eigenvalue weighted by molar-refractivity contribution is 0.1000. The van der Waals surface area contributed by atoms with E-state index in [9.17, 15) is 4.79 Å². The number of hydrogen-bond donors (Lipinski definition) is 2. The Hall–Kier alpha value is -2.93. The molecule has 0 fully saturated rings. The van der Waals surface area contributed by atoms with Gasteiger partial charge in [0, 0.05) is 31.3 Å². The van der Waals surface area contributed by atoms with E-state index in [1.165, 1.54) is 12.3 Å². The number of amides is 1. The van der Waals surface area contributed by atoms with Gasteiger partial charge in [-0.25, -0.2) is 15.0 Å². The zero-order valence-corrected chi connectivity index (χ0v) is 13.7. The molecule has 0 aromatic carbocycles. The fraction of sp³-hybridized carbons (Fsp3) is 0.125. The molecule has 0 radical (unpaired) electrons. The third-order valence-electron chi connectivity index (χ3n) is 3.47. The van der Waals surface area contributed by atoms with Gasteiger partial charge in [0.05, 0.1) is 10.6 Å². The number of carbonyl (C=O) groups is 1. The van der Waals surface area contributed by atoms with E-state index >= 15 is 0 Å². The van der Waals surface area contributed by atoms with E-state index in [2.05, 4.69) is 20.3 Å². The molecule has 0 saturated carbocycles. The second kappa shape index (κ2) is 6.67. The van der Waals surface area contributed by atoms with Crippen LogP contribution >= 0.6 is 11.6 Å². The number of nitrogens with two attached hydrogens (primary N) is 1. The van der Waals surface area contributed by atoms with Crippen LogP contribution in [-0.4, -0.2) is 25.4 Å². The molecule has 0 aliphatic carbocycles. The summed E-state index contributed by atoms with van der Waals surface area (Å²) in [4.78, 5) is 23.8. The van der Waals surface area contributed by atoms with E-state index in [-0.39, 0.29) is 5.56 Å². The lowest BCUT2D eigenvalue weighted by Crippen LogP contribution is -2.12. The Morgan fingerprint density at radius 2 is 2.12 bits per heavy atom. The van der Waals surface area contributed by atoms with E-state index in [1.807, 2.05) is 29.8 Å². The maximum absolute atomic E-state index is 11.1. The van der Waals surface area contributed by atoms with Crippen molar-refractivity contribution < 1.29 is 4.79 Å². The number of carbonyl (C=O) groups excluding carboxylic acids is 1. The normalized spacial score (nSPS) is 10.6. The molecule has 8 heteroatoms. The topological polar surface area (TPSA) is 98.7 Å². The molecule has 0 aliphatic heterocycles. The first-order chi connectivity index (χ1) is 11.5. The molecule has 0 spiro atoms. The van der Waals surface area contributed by atoms with Crippen molar-refractivity contribution in [2.24, 2.45) is 5.73 Å². The van der Waals surface area contributed by atoms with Gasteiger partial charge in [-0.3, -0.25) is 9.36 Å². The van der Waals surface area contributed by atoms with Gasteiger partial charge in [0.25, 0.3) is 0 Å². The zero-order valence-electron chi connectivity index (χ0n) is 12.9. The smallest absolute Gasteiger partial charge is 0.250 e. The van der Waals surface area contributed by atoms with Gasteiger partial charge in [-0.15, -0.1) is 0 Å². The molecule has 3 N–H and O–H groups in total. The fourth-order valence-corrected chi connectivity index (χ4v) is 2.44. The van der Waals surface area contributed by atoms with Gasteiger partial charge in [-0.2, -0.15) is 0 Å². The summed E-state index contributed by atoms with van der Waals surface area (Å²) in [5.41, 5.74) is 6.48. The highest BCUT2D eigenvalue weighted by Crippen LogP contribution is 2.21. The van der Waals surface area contributed by atoms with Crippen molar-refractivity contribution in [3.8, 4) is 5.82 Å². The standard InChI is InChI=1S/C16H15ClN6O/c1-10-19-4-5-23(10)14-6-11(2-3-20-14)8-21-16-13(17)7-12(9-22-16)15(18)24/h2-7,9H,8H2,1H3,(H2,18,24)(H,21,22). The molecule has 1 amide bonds. The molecule has 122 valence electrons. The number of hydrogen-bond acceptors (Lipinski definition) is 5. The van der Waals surface area contributed by atoms with Gasteiger partial charge in [-0.05, 0) is 30.7 Å². The first-order valence-corrected chi connectivity index (χ1v) is 7.57. The van der Waals surface area contributed by atoms with Crippen molar-refractivity contribution in [1.29, 1.82) is 0 Å². The van der Waals surface area contributed by atoms with Crippen molar-refractivity contribution in [2.75, 3.05) is 5.32 Å². The summed E-state index contributed by atoms with van der Waals surface area (Å²) < 4.78 is 1.90. The molecular formula is C16H15ClN6O. The van der Waals surface area contributed by atoms with Crippen LogP contribution in [-0.2, 0) is 6.54 Å². The van der Waals surface area contributed by atoms with Gasteiger partial charge in [-0.1, -0.05) is 11.6 Å². The van der Waals surface area contributed by atoms with Crippen LogP contribution in [0, 0.1) is 6.92 Å². The molecule has 7 nitrogen and oxygen atoms in total. The number of aromatic nitrogens is 4. The Balaban J connectivity index is 1.76. The van der Waals surface area contributed by atoms with Gasteiger partial charge >= 0.3 is 0 Å². The number of aryl methyl sites for hydroxylation is 1. The average Bonchev–Trinajstić information content (AvgIpc) is 3.00.